The SMILES string of the molecule is CC(NC(=O)Nc1ccc(Cl)cc1)C(=O)NCC1CCN(c2ccncc2)CC1. The zero-order valence-corrected chi connectivity index (χ0v) is 17.2. The molecule has 1 atom stereocenters. The number of nitrogens with one attached hydrogen (secondary N) is 3. The third-order valence-corrected chi connectivity index (χ3v) is 5.30. The molecule has 0 radical (unpaired) electrons. The highest BCUT2D eigenvalue weighted by Crippen LogP contribution is 2.22. The van der Waals surface area contributed by atoms with Gasteiger partial charge in [0.1, 0.15) is 6.04 Å². The number of benzene rings is 1. The molecule has 0 aliphatic carbocycles. The van der Waals surface area contributed by atoms with Gasteiger partial charge in [-0.1, -0.05) is 11.6 Å². The average molecular weight is 416 g/mol. The van der Waals surface area contributed by atoms with Crippen molar-refractivity contribution < 1.29 is 9.59 Å². The van der Waals surface area contributed by atoms with Gasteiger partial charge in [0, 0.05) is 48.4 Å². The first-order valence-electron chi connectivity index (χ1n) is 9.77. The van der Waals surface area contributed by atoms with Crippen LogP contribution in [0.25, 0.3) is 0 Å². The van der Waals surface area contributed by atoms with E-state index in [4.69, 9.17) is 11.6 Å². The summed E-state index contributed by atoms with van der Waals surface area (Å²) in [5.74, 6) is 0.250. The first-order valence-corrected chi connectivity index (χ1v) is 10.1. The first kappa shape index (κ1) is 20.9. The Hall–Kier alpha value is -2.80. The summed E-state index contributed by atoms with van der Waals surface area (Å²) >= 11 is 5.83. The Morgan fingerprint density at radius 3 is 2.45 bits per heavy atom. The number of urea groups is 1. The number of carbonyl (C=O) groups is 2. The lowest BCUT2D eigenvalue weighted by atomic mass is 9.96. The minimum Gasteiger partial charge on any atom is -0.371 e. The number of aromatic nitrogens is 1. The molecule has 154 valence electrons. The molecule has 1 aliphatic heterocycles. The minimum atomic E-state index is -0.626. The molecule has 29 heavy (non-hydrogen) atoms. The molecule has 0 bridgehead atoms. The quantitative estimate of drug-likeness (QED) is 0.675. The third-order valence-electron chi connectivity index (χ3n) is 5.05. The zero-order valence-electron chi connectivity index (χ0n) is 16.4. The number of piperidine rings is 1. The van der Waals surface area contributed by atoms with Gasteiger partial charge in [0.05, 0.1) is 0 Å². The maximum Gasteiger partial charge on any atom is 0.319 e. The Bertz CT molecular complexity index is 808. The summed E-state index contributed by atoms with van der Waals surface area (Å²) in [6.45, 7) is 4.21. The molecule has 3 amide bonds. The summed E-state index contributed by atoms with van der Waals surface area (Å²) in [5, 5.41) is 8.88. The highest BCUT2D eigenvalue weighted by Gasteiger charge is 2.21. The lowest BCUT2D eigenvalue weighted by Gasteiger charge is -2.33. The van der Waals surface area contributed by atoms with Crippen molar-refractivity contribution in [3.05, 3.63) is 53.8 Å². The van der Waals surface area contributed by atoms with Gasteiger partial charge >= 0.3 is 6.03 Å². The number of halogens is 1. The van der Waals surface area contributed by atoms with Gasteiger partial charge in [-0.25, -0.2) is 4.79 Å². The number of pyridine rings is 1. The van der Waals surface area contributed by atoms with E-state index in [2.05, 4.69) is 25.8 Å². The average Bonchev–Trinajstić information content (AvgIpc) is 2.74. The van der Waals surface area contributed by atoms with Crippen LogP contribution in [0.4, 0.5) is 16.2 Å². The molecule has 2 heterocycles. The Kier molecular flexibility index (Phi) is 7.30. The number of hydrogen-bond donors (Lipinski definition) is 3. The first-order chi connectivity index (χ1) is 14.0. The van der Waals surface area contributed by atoms with Crippen LogP contribution in [0.2, 0.25) is 5.02 Å². The van der Waals surface area contributed by atoms with Gasteiger partial charge in [-0.2, -0.15) is 0 Å². The van der Waals surface area contributed by atoms with Crippen molar-refractivity contribution in [3.8, 4) is 0 Å². The van der Waals surface area contributed by atoms with Crippen molar-refractivity contribution in [1.82, 2.24) is 15.6 Å². The van der Waals surface area contributed by atoms with E-state index in [0.29, 0.717) is 23.2 Å². The molecule has 1 saturated heterocycles. The molecule has 1 aromatic heterocycles. The van der Waals surface area contributed by atoms with Gasteiger partial charge in [-0.05, 0) is 62.1 Å². The van der Waals surface area contributed by atoms with Gasteiger partial charge in [-0.15, -0.1) is 0 Å². The van der Waals surface area contributed by atoms with Crippen LogP contribution in [-0.2, 0) is 4.79 Å². The van der Waals surface area contributed by atoms with E-state index in [-0.39, 0.29) is 5.91 Å². The van der Waals surface area contributed by atoms with Crippen molar-refractivity contribution in [2.45, 2.75) is 25.8 Å². The Morgan fingerprint density at radius 1 is 1.14 bits per heavy atom. The molecular weight excluding hydrogens is 390 g/mol. The molecule has 1 unspecified atom stereocenters. The van der Waals surface area contributed by atoms with Crippen LogP contribution in [0.1, 0.15) is 19.8 Å². The fourth-order valence-corrected chi connectivity index (χ4v) is 3.44. The minimum absolute atomic E-state index is 0.187. The van der Waals surface area contributed by atoms with Crippen molar-refractivity contribution in [2.75, 3.05) is 29.9 Å². The van der Waals surface area contributed by atoms with E-state index in [0.717, 1.165) is 25.9 Å². The lowest BCUT2D eigenvalue weighted by Crippen LogP contribution is -2.48. The Labute approximate surface area is 175 Å². The largest absolute Gasteiger partial charge is 0.371 e. The standard InChI is InChI=1S/C21H26ClN5O2/c1-15(25-21(29)26-18-4-2-17(22)3-5-18)20(28)24-14-16-8-12-27(13-9-16)19-6-10-23-11-7-19/h2-7,10-11,15-16H,8-9,12-14H2,1H3,(H,24,28)(H2,25,26,29). The summed E-state index contributed by atoms with van der Waals surface area (Å²) in [6, 6.07) is 9.76. The van der Waals surface area contributed by atoms with Crippen molar-refractivity contribution >= 4 is 34.9 Å². The van der Waals surface area contributed by atoms with Crippen LogP contribution in [0, 0.1) is 5.92 Å². The van der Waals surface area contributed by atoms with Crippen LogP contribution in [0.15, 0.2) is 48.8 Å². The van der Waals surface area contributed by atoms with E-state index in [1.807, 2.05) is 12.1 Å². The van der Waals surface area contributed by atoms with E-state index in [1.165, 1.54) is 5.69 Å². The number of carbonyl (C=O) groups excluding carboxylic acids is 2. The van der Waals surface area contributed by atoms with Gasteiger partial charge in [0.15, 0.2) is 0 Å². The number of rotatable bonds is 6. The van der Waals surface area contributed by atoms with E-state index in [1.54, 1.807) is 43.6 Å². The summed E-state index contributed by atoms with van der Waals surface area (Å²) in [5.41, 5.74) is 1.80. The molecule has 0 spiro atoms. The van der Waals surface area contributed by atoms with Gasteiger partial charge < -0.3 is 20.9 Å². The van der Waals surface area contributed by atoms with Crippen LogP contribution < -0.4 is 20.9 Å². The topological polar surface area (TPSA) is 86.4 Å². The Morgan fingerprint density at radius 2 is 1.79 bits per heavy atom. The molecule has 3 rings (SSSR count). The summed E-state index contributed by atoms with van der Waals surface area (Å²) in [6.07, 6.45) is 5.64. The second kappa shape index (κ2) is 10.1. The molecule has 1 aromatic carbocycles. The van der Waals surface area contributed by atoms with Crippen LogP contribution in [-0.4, -0.2) is 42.6 Å². The number of amides is 3. The summed E-state index contributed by atoms with van der Waals surface area (Å²) in [4.78, 5) is 30.8. The van der Waals surface area contributed by atoms with Crippen molar-refractivity contribution in [3.63, 3.8) is 0 Å². The second-order valence-corrected chi connectivity index (χ2v) is 7.64. The molecular formula is C21H26ClN5O2. The molecule has 1 fully saturated rings. The van der Waals surface area contributed by atoms with Crippen molar-refractivity contribution in [1.29, 1.82) is 0 Å². The van der Waals surface area contributed by atoms with Crippen LogP contribution in [0.5, 0.6) is 0 Å². The summed E-state index contributed by atoms with van der Waals surface area (Å²) < 4.78 is 0. The number of hydrogen-bond acceptors (Lipinski definition) is 4. The molecule has 7 nitrogen and oxygen atoms in total. The maximum absolute atomic E-state index is 12.3. The van der Waals surface area contributed by atoms with Crippen molar-refractivity contribution in [2.24, 2.45) is 5.92 Å². The Balaban J connectivity index is 1.36. The normalized spacial score (nSPS) is 15.4. The molecule has 2 aromatic rings. The predicted octanol–water partition coefficient (Wildman–Crippen LogP) is 3.28. The number of nitrogens with zero attached hydrogens (tertiary/aromatic N) is 2. The fraction of sp³-hybridized carbons (Fsp3) is 0.381. The fourth-order valence-electron chi connectivity index (χ4n) is 3.31. The van der Waals surface area contributed by atoms with E-state index in [9.17, 15) is 9.59 Å². The highest BCUT2D eigenvalue weighted by molar-refractivity contribution is 6.30. The lowest BCUT2D eigenvalue weighted by molar-refractivity contribution is -0.122. The molecule has 1 aliphatic rings. The highest BCUT2D eigenvalue weighted by atomic mass is 35.5. The van der Waals surface area contributed by atoms with Crippen LogP contribution >= 0.6 is 11.6 Å². The summed E-state index contributed by atoms with van der Waals surface area (Å²) in [7, 11) is 0. The molecule has 0 saturated carbocycles. The van der Waals surface area contributed by atoms with Crippen LogP contribution in [0.3, 0.4) is 0 Å². The smallest absolute Gasteiger partial charge is 0.319 e. The van der Waals surface area contributed by atoms with Gasteiger partial charge in [0.25, 0.3) is 0 Å². The maximum atomic E-state index is 12.3. The number of anilines is 2. The zero-order chi connectivity index (χ0) is 20.6. The van der Waals surface area contributed by atoms with E-state index < -0.39 is 12.1 Å². The third kappa shape index (κ3) is 6.35. The van der Waals surface area contributed by atoms with Gasteiger partial charge in [-0.3, -0.25) is 9.78 Å². The monoisotopic (exact) mass is 415 g/mol. The molecule has 8 heteroatoms. The second-order valence-electron chi connectivity index (χ2n) is 7.21. The molecule has 3 N–H and O–H groups in total. The van der Waals surface area contributed by atoms with Gasteiger partial charge in [0.2, 0.25) is 5.91 Å². The van der Waals surface area contributed by atoms with E-state index >= 15 is 0 Å². The predicted molar refractivity (Wildman–Crippen MR) is 115 cm³/mol.